The number of fused-ring (bicyclic) bond motifs is 1. The van der Waals surface area contributed by atoms with Crippen LogP contribution in [0.3, 0.4) is 0 Å². The lowest BCUT2D eigenvalue weighted by Crippen LogP contribution is -2.26. The van der Waals surface area contributed by atoms with E-state index in [1.807, 2.05) is 6.07 Å². The van der Waals surface area contributed by atoms with Crippen molar-refractivity contribution in [3.63, 3.8) is 0 Å². The number of carbonyl (C=O) groups excluding carboxylic acids is 1. The molecule has 0 bridgehead atoms. The molecule has 0 saturated carbocycles. The molecule has 2 aromatic heterocycles. The van der Waals surface area contributed by atoms with Gasteiger partial charge in [0, 0.05) is 22.3 Å². The maximum Gasteiger partial charge on any atom is 0.418 e. The van der Waals surface area contributed by atoms with Crippen LogP contribution in [0.15, 0.2) is 36.5 Å². The molecule has 8 heteroatoms. The number of ether oxygens (including phenoxy) is 1. The summed E-state index contributed by atoms with van der Waals surface area (Å²) in [7, 11) is 0. The molecule has 0 radical (unpaired) electrons. The van der Waals surface area contributed by atoms with Crippen molar-refractivity contribution in [2.24, 2.45) is 0 Å². The molecule has 6 nitrogen and oxygen atoms in total. The van der Waals surface area contributed by atoms with E-state index in [1.54, 1.807) is 51.2 Å². The van der Waals surface area contributed by atoms with Gasteiger partial charge in [-0.05, 0) is 51.1 Å². The third kappa shape index (κ3) is 4.33. The molecule has 0 amide bonds. The van der Waals surface area contributed by atoms with Crippen molar-refractivity contribution >= 4 is 51.7 Å². The lowest BCUT2D eigenvalue weighted by atomic mass is 10.2. The summed E-state index contributed by atoms with van der Waals surface area (Å²) in [5.74, 6) is 0.393. The van der Waals surface area contributed by atoms with Gasteiger partial charge in [0.2, 0.25) is 0 Å². The Balaban J connectivity index is 2.01. The molecule has 0 aliphatic carbocycles. The maximum atomic E-state index is 12.5. The van der Waals surface area contributed by atoms with E-state index >= 15 is 0 Å². The molecule has 1 N–H and O–H groups in total. The van der Waals surface area contributed by atoms with Crippen LogP contribution in [0.1, 0.15) is 26.5 Å². The predicted molar refractivity (Wildman–Crippen MR) is 106 cm³/mol. The zero-order valence-electron chi connectivity index (χ0n) is 14.9. The molecule has 0 atom stereocenters. The molecule has 138 valence electrons. The zero-order chi connectivity index (χ0) is 19.8. The number of nitriles is 1. The lowest BCUT2D eigenvalue weighted by molar-refractivity contribution is 0.0544. The third-order valence-electron chi connectivity index (χ3n) is 3.52. The SMILES string of the molecule is CC(C)(C)OC(=O)n1ccc2c(Cl)cc(Nc3cc(Cl)cc(C#N)n3)cc21. The Bertz CT molecular complexity index is 1080. The molecular weight excluding hydrogens is 387 g/mol. The van der Waals surface area contributed by atoms with Crippen molar-refractivity contribution in [2.45, 2.75) is 26.4 Å². The fourth-order valence-corrected chi connectivity index (χ4v) is 2.99. The highest BCUT2D eigenvalue weighted by Gasteiger charge is 2.20. The van der Waals surface area contributed by atoms with E-state index in [1.165, 1.54) is 10.6 Å². The number of hydrogen-bond donors (Lipinski definition) is 1. The normalized spacial score (nSPS) is 11.3. The summed E-state index contributed by atoms with van der Waals surface area (Å²) in [4.78, 5) is 16.6. The number of hydrogen-bond acceptors (Lipinski definition) is 5. The first-order chi connectivity index (χ1) is 12.7. The minimum atomic E-state index is -0.619. The summed E-state index contributed by atoms with van der Waals surface area (Å²) >= 11 is 12.4. The molecule has 3 aromatic rings. The molecule has 27 heavy (non-hydrogen) atoms. The van der Waals surface area contributed by atoms with Gasteiger partial charge in [-0.3, -0.25) is 4.57 Å². The average molecular weight is 403 g/mol. The lowest BCUT2D eigenvalue weighted by Gasteiger charge is -2.20. The summed E-state index contributed by atoms with van der Waals surface area (Å²) < 4.78 is 6.82. The van der Waals surface area contributed by atoms with Crippen LogP contribution in [0.5, 0.6) is 0 Å². The highest BCUT2D eigenvalue weighted by atomic mass is 35.5. The van der Waals surface area contributed by atoms with Gasteiger partial charge in [0.05, 0.1) is 10.5 Å². The quantitative estimate of drug-likeness (QED) is 0.590. The van der Waals surface area contributed by atoms with Gasteiger partial charge in [-0.1, -0.05) is 23.2 Å². The first-order valence-electron chi connectivity index (χ1n) is 8.05. The molecule has 1 aromatic carbocycles. The first-order valence-corrected chi connectivity index (χ1v) is 8.80. The van der Waals surface area contributed by atoms with E-state index in [0.717, 1.165) is 0 Å². The molecule has 2 heterocycles. The minimum Gasteiger partial charge on any atom is -0.443 e. The van der Waals surface area contributed by atoms with Gasteiger partial charge in [0.25, 0.3) is 0 Å². The second-order valence-corrected chi connectivity index (χ2v) is 7.69. The second kappa shape index (κ2) is 7.10. The number of nitrogens with one attached hydrogen (secondary N) is 1. The fourth-order valence-electron chi connectivity index (χ4n) is 2.51. The van der Waals surface area contributed by atoms with Crippen LogP contribution in [0, 0.1) is 11.3 Å². The summed E-state index contributed by atoms with van der Waals surface area (Å²) in [6.45, 7) is 5.40. The van der Waals surface area contributed by atoms with Crippen LogP contribution in [-0.2, 0) is 4.74 Å². The van der Waals surface area contributed by atoms with Gasteiger partial charge in [-0.15, -0.1) is 0 Å². The van der Waals surface area contributed by atoms with Crippen molar-refractivity contribution in [1.29, 1.82) is 5.26 Å². The fraction of sp³-hybridized carbons (Fsp3) is 0.211. The Morgan fingerprint density at radius 2 is 2.00 bits per heavy atom. The van der Waals surface area contributed by atoms with Gasteiger partial charge in [-0.2, -0.15) is 5.26 Å². The Morgan fingerprint density at radius 3 is 2.67 bits per heavy atom. The highest BCUT2D eigenvalue weighted by Crippen LogP contribution is 2.31. The number of benzene rings is 1. The number of halogens is 2. The molecule has 0 saturated heterocycles. The van der Waals surface area contributed by atoms with Crippen molar-refractivity contribution in [3.8, 4) is 6.07 Å². The van der Waals surface area contributed by atoms with E-state index in [9.17, 15) is 4.79 Å². The second-order valence-electron chi connectivity index (χ2n) is 6.85. The van der Waals surface area contributed by atoms with E-state index in [2.05, 4.69) is 10.3 Å². The molecule has 0 unspecified atom stereocenters. The van der Waals surface area contributed by atoms with Gasteiger partial charge >= 0.3 is 6.09 Å². The smallest absolute Gasteiger partial charge is 0.418 e. The first kappa shape index (κ1) is 19.0. The molecule has 0 aliphatic heterocycles. The predicted octanol–water partition coefficient (Wildman–Crippen LogP) is 5.74. The van der Waals surface area contributed by atoms with E-state index < -0.39 is 11.7 Å². The maximum absolute atomic E-state index is 12.5. The molecule has 0 spiro atoms. The van der Waals surface area contributed by atoms with Crippen molar-refractivity contribution in [2.75, 3.05) is 5.32 Å². The minimum absolute atomic E-state index is 0.189. The Hall–Kier alpha value is -2.75. The number of nitrogens with zero attached hydrogens (tertiary/aromatic N) is 3. The third-order valence-corrected chi connectivity index (χ3v) is 4.06. The summed E-state index contributed by atoms with van der Waals surface area (Å²) in [5, 5.41) is 13.6. The summed E-state index contributed by atoms with van der Waals surface area (Å²) in [5.41, 5.74) is 0.747. The Morgan fingerprint density at radius 1 is 1.26 bits per heavy atom. The van der Waals surface area contributed by atoms with E-state index in [0.29, 0.717) is 32.5 Å². The number of rotatable bonds is 2. The molecular formula is C19H16Cl2N4O2. The summed E-state index contributed by atoms with van der Waals surface area (Å²) in [6.07, 6.45) is 1.11. The van der Waals surface area contributed by atoms with Crippen LogP contribution >= 0.6 is 23.2 Å². The zero-order valence-corrected chi connectivity index (χ0v) is 16.4. The van der Waals surface area contributed by atoms with Crippen LogP contribution in [0.25, 0.3) is 10.9 Å². The monoisotopic (exact) mass is 402 g/mol. The van der Waals surface area contributed by atoms with Gasteiger partial charge in [0.15, 0.2) is 0 Å². The number of aromatic nitrogens is 2. The Labute approximate surface area is 166 Å². The van der Waals surface area contributed by atoms with Crippen molar-refractivity contribution < 1.29 is 9.53 Å². The van der Waals surface area contributed by atoms with Crippen molar-refractivity contribution in [3.05, 3.63) is 52.3 Å². The molecule has 3 rings (SSSR count). The van der Waals surface area contributed by atoms with E-state index in [-0.39, 0.29) is 5.69 Å². The van der Waals surface area contributed by atoms with Crippen LogP contribution in [0.4, 0.5) is 16.3 Å². The summed E-state index contributed by atoms with van der Waals surface area (Å²) in [6, 6.07) is 10.2. The Kier molecular flexibility index (Phi) is 5.01. The van der Waals surface area contributed by atoms with Crippen LogP contribution in [-0.4, -0.2) is 21.2 Å². The molecule has 0 aliphatic rings. The van der Waals surface area contributed by atoms with Gasteiger partial charge in [-0.25, -0.2) is 9.78 Å². The van der Waals surface area contributed by atoms with Gasteiger partial charge < -0.3 is 10.1 Å². The number of anilines is 2. The topological polar surface area (TPSA) is 79.9 Å². The van der Waals surface area contributed by atoms with Crippen LogP contribution in [0.2, 0.25) is 10.0 Å². The van der Waals surface area contributed by atoms with E-state index in [4.69, 9.17) is 33.2 Å². The average Bonchev–Trinajstić information content (AvgIpc) is 2.97. The molecule has 0 fully saturated rings. The number of carbonyl (C=O) groups is 1. The standard InChI is InChI=1S/C19H16Cl2N4O2/c1-19(2,3)27-18(26)25-5-4-14-15(21)8-12(9-16(14)25)23-17-7-11(20)6-13(10-22)24-17/h4-9H,1-3H3,(H,23,24). The van der Waals surface area contributed by atoms with Gasteiger partial charge in [0.1, 0.15) is 23.2 Å². The van der Waals surface area contributed by atoms with Crippen LogP contribution < -0.4 is 5.32 Å². The number of pyridine rings is 1. The highest BCUT2D eigenvalue weighted by molar-refractivity contribution is 6.36. The largest absolute Gasteiger partial charge is 0.443 e. The van der Waals surface area contributed by atoms with Crippen molar-refractivity contribution in [1.82, 2.24) is 9.55 Å².